The number of alkyl halides is 3. The van der Waals surface area contributed by atoms with Crippen LogP contribution in [0.3, 0.4) is 0 Å². The van der Waals surface area contributed by atoms with Gasteiger partial charge in [0, 0.05) is 30.8 Å². The lowest BCUT2D eigenvalue weighted by atomic mass is 9.97. The van der Waals surface area contributed by atoms with Crippen LogP contribution < -0.4 is 10.6 Å². The number of hydrogen-bond donors (Lipinski definition) is 1. The van der Waals surface area contributed by atoms with Crippen LogP contribution in [-0.2, 0) is 6.54 Å². The van der Waals surface area contributed by atoms with Crippen molar-refractivity contribution in [3.63, 3.8) is 0 Å². The van der Waals surface area contributed by atoms with Crippen molar-refractivity contribution in [2.45, 2.75) is 38.4 Å². The summed E-state index contributed by atoms with van der Waals surface area (Å²) >= 11 is 0. The lowest BCUT2D eigenvalue weighted by Gasteiger charge is -2.32. The maximum Gasteiger partial charge on any atom is 0.408 e. The Labute approximate surface area is 179 Å². The Balaban J connectivity index is 1.42. The molecule has 0 amide bonds. The van der Waals surface area contributed by atoms with Crippen molar-refractivity contribution < 1.29 is 17.6 Å². The largest absolute Gasteiger partial charge is 0.443 e. The highest BCUT2D eigenvalue weighted by atomic mass is 19.4. The third kappa shape index (κ3) is 3.74. The average molecular weight is 447 g/mol. The monoisotopic (exact) mass is 447 g/mol. The quantitative estimate of drug-likeness (QED) is 0.508. The van der Waals surface area contributed by atoms with E-state index in [1.165, 1.54) is 29.4 Å². The van der Waals surface area contributed by atoms with E-state index in [1.807, 2.05) is 11.8 Å². The van der Waals surface area contributed by atoms with Gasteiger partial charge in [0.05, 0.1) is 18.1 Å². The van der Waals surface area contributed by atoms with Crippen LogP contribution in [0.4, 0.5) is 24.8 Å². The lowest BCUT2D eigenvalue weighted by molar-refractivity contribution is -0.142. The predicted molar refractivity (Wildman–Crippen MR) is 108 cm³/mol. The molecule has 4 aromatic heterocycles. The van der Waals surface area contributed by atoms with Crippen molar-refractivity contribution in [3.8, 4) is 11.6 Å². The number of rotatable bonds is 4. The minimum Gasteiger partial charge on any atom is -0.443 e. The molecule has 1 fully saturated rings. The van der Waals surface area contributed by atoms with Gasteiger partial charge in [-0.3, -0.25) is 4.68 Å². The molecule has 168 valence electrons. The second kappa shape index (κ2) is 7.50. The molecule has 2 N–H and O–H groups in total. The smallest absolute Gasteiger partial charge is 0.408 e. The minimum atomic E-state index is -4.32. The molecule has 0 spiro atoms. The second-order valence-electron chi connectivity index (χ2n) is 7.78. The van der Waals surface area contributed by atoms with Gasteiger partial charge in [0.15, 0.2) is 11.5 Å². The number of fused-ring (bicyclic) bond motifs is 1. The summed E-state index contributed by atoms with van der Waals surface area (Å²) in [5, 5.41) is 8.42. The third-order valence-corrected chi connectivity index (χ3v) is 5.50. The zero-order valence-corrected chi connectivity index (χ0v) is 17.1. The van der Waals surface area contributed by atoms with Gasteiger partial charge >= 0.3 is 6.18 Å². The zero-order valence-electron chi connectivity index (χ0n) is 17.1. The summed E-state index contributed by atoms with van der Waals surface area (Å²) in [7, 11) is 0. The Kier molecular flexibility index (Phi) is 4.75. The number of aromatic nitrogens is 7. The summed E-state index contributed by atoms with van der Waals surface area (Å²) in [5.41, 5.74) is 8.56. The van der Waals surface area contributed by atoms with Gasteiger partial charge in [-0.1, -0.05) is 0 Å². The van der Waals surface area contributed by atoms with Gasteiger partial charge in [-0.25, -0.2) is 15.0 Å². The Morgan fingerprint density at radius 3 is 2.88 bits per heavy atom. The fourth-order valence-electron chi connectivity index (χ4n) is 4.01. The number of aryl methyl sites for hydroxylation is 1. The van der Waals surface area contributed by atoms with Crippen LogP contribution in [0, 0.1) is 6.92 Å². The van der Waals surface area contributed by atoms with Gasteiger partial charge in [-0.05, 0) is 19.8 Å². The SMILES string of the molecule is Cc1c(-c2ncco2)nc(N)n2nc([C@@H]3CCCN(c4cnn(CC(F)(F)F)c4)C3)nc12. The average Bonchev–Trinajstić information content (AvgIpc) is 3.50. The molecule has 0 radical (unpaired) electrons. The topological polar surface area (TPSA) is 116 Å². The number of halogens is 3. The van der Waals surface area contributed by atoms with Gasteiger partial charge < -0.3 is 15.1 Å². The first-order valence-electron chi connectivity index (χ1n) is 10.1. The summed E-state index contributed by atoms with van der Waals surface area (Å²) in [6.45, 7) is 2.02. The van der Waals surface area contributed by atoms with E-state index < -0.39 is 12.7 Å². The van der Waals surface area contributed by atoms with Crippen LogP contribution in [0.15, 0.2) is 29.3 Å². The van der Waals surface area contributed by atoms with E-state index in [1.54, 1.807) is 0 Å². The predicted octanol–water partition coefficient (Wildman–Crippen LogP) is 2.81. The summed E-state index contributed by atoms with van der Waals surface area (Å²) in [4.78, 5) is 15.2. The molecule has 10 nitrogen and oxygen atoms in total. The Hall–Kier alpha value is -3.64. The van der Waals surface area contributed by atoms with Crippen molar-refractivity contribution in [3.05, 3.63) is 36.2 Å². The molecule has 0 bridgehead atoms. The number of anilines is 2. The van der Waals surface area contributed by atoms with Crippen LogP contribution in [0.1, 0.15) is 30.1 Å². The van der Waals surface area contributed by atoms with Crippen molar-refractivity contribution in [1.29, 1.82) is 0 Å². The minimum absolute atomic E-state index is 0.0152. The first-order valence-corrected chi connectivity index (χ1v) is 10.1. The van der Waals surface area contributed by atoms with E-state index in [0.29, 0.717) is 35.3 Å². The first kappa shape index (κ1) is 20.3. The van der Waals surface area contributed by atoms with Gasteiger partial charge in [-0.15, -0.1) is 5.10 Å². The van der Waals surface area contributed by atoms with Crippen molar-refractivity contribution in [2.75, 3.05) is 23.7 Å². The summed E-state index contributed by atoms with van der Waals surface area (Å²) in [6, 6.07) is 0. The van der Waals surface area contributed by atoms with Gasteiger partial charge in [0.25, 0.3) is 0 Å². The van der Waals surface area contributed by atoms with E-state index in [-0.39, 0.29) is 11.9 Å². The van der Waals surface area contributed by atoms with Crippen molar-refractivity contribution in [2.24, 2.45) is 0 Å². The van der Waals surface area contributed by atoms with E-state index >= 15 is 0 Å². The Morgan fingerprint density at radius 2 is 2.12 bits per heavy atom. The van der Waals surface area contributed by atoms with Gasteiger partial charge in [0.2, 0.25) is 11.8 Å². The van der Waals surface area contributed by atoms with Gasteiger partial charge in [0.1, 0.15) is 18.5 Å². The highest BCUT2D eigenvalue weighted by molar-refractivity contribution is 5.65. The third-order valence-electron chi connectivity index (χ3n) is 5.50. The summed E-state index contributed by atoms with van der Waals surface area (Å²) in [6.07, 6.45) is 3.24. The fourth-order valence-corrected chi connectivity index (χ4v) is 4.01. The molecule has 0 unspecified atom stereocenters. The molecule has 1 saturated heterocycles. The molecule has 0 aliphatic carbocycles. The Morgan fingerprint density at radius 1 is 1.28 bits per heavy atom. The zero-order chi connectivity index (χ0) is 22.5. The lowest BCUT2D eigenvalue weighted by Crippen LogP contribution is -2.34. The van der Waals surface area contributed by atoms with Crippen molar-refractivity contribution in [1.82, 2.24) is 34.3 Å². The van der Waals surface area contributed by atoms with E-state index in [4.69, 9.17) is 15.1 Å². The maximum atomic E-state index is 12.6. The molecular formula is C19H20F3N9O. The molecule has 1 aliphatic rings. The van der Waals surface area contributed by atoms with Gasteiger partial charge in [-0.2, -0.15) is 22.8 Å². The van der Waals surface area contributed by atoms with Crippen molar-refractivity contribution >= 4 is 17.3 Å². The van der Waals surface area contributed by atoms with Crippen LogP contribution >= 0.6 is 0 Å². The Bertz CT molecular complexity index is 1250. The standard InChI is InChI=1S/C19H20F3N9O/c1-11-14(17-24-4-6-32-17)26-18(23)31-16(11)27-15(28-31)12-3-2-5-29(8-12)13-7-25-30(9-13)10-19(20,21)22/h4,6-7,9,12H,2-3,5,8,10H2,1H3,(H2,23,26)/t12-/m1/s1. The van der Waals surface area contributed by atoms with E-state index in [9.17, 15) is 13.2 Å². The normalized spacial score (nSPS) is 17.4. The summed E-state index contributed by atoms with van der Waals surface area (Å²) in [5.74, 6) is 1.11. The molecule has 5 rings (SSSR count). The molecular weight excluding hydrogens is 427 g/mol. The van der Waals surface area contributed by atoms with E-state index in [2.05, 4.69) is 20.2 Å². The highest BCUT2D eigenvalue weighted by Gasteiger charge is 2.30. The highest BCUT2D eigenvalue weighted by Crippen LogP contribution is 2.31. The second-order valence-corrected chi connectivity index (χ2v) is 7.78. The molecule has 4 aromatic rings. The molecule has 32 heavy (non-hydrogen) atoms. The fraction of sp³-hybridized carbons (Fsp3) is 0.421. The molecule has 1 atom stereocenters. The molecule has 13 heteroatoms. The number of nitrogen functional groups attached to an aromatic ring is 1. The van der Waals surface area contributed by atoms with Crippen LogP contribution in [0.2, 0.25) is 0 Å². The maximum absolute atomic E-state index is 12.6. The summed E-state index contributed by atoms with van der Waals surface area (Å²) < 4.78 is 45.7. The molecule has 5 heterocycles. The molecule has 1 aliphatic heterocycles. The number of piperidine rings is 1. The number of oxazole rings is 1. The molecule has 0 aromatic carbocycles. The number of nitrogens with zero attached hydrogens (tertiary/aromatic N) is 8. The number of hydrogen-bond acceptors (Lipinski definition) is 8. The van der Waals surface area contributed by atoms with Crippen LogP contribution in [0.25, 0.3) is 17.2 Å². The van der Waals surface area contributed by atoms with E-state index in [0.717, 1.165) is 29.6 Å². The molecule has 0 saturated carbocycles. The first-order chi connectivity index (χ1) is 15.3. The number of nitrogens with two attached hydrogens (primary N) is 1. The van der Waals surface area contributed by atoms with Crippen LogP contribution in [0.5, 0.6) is 0 Å². The van der Waals surface area contributed by atoms with Crippen LogP contribution in [-0.4, -0.2) is 53.6 Å².